The van der Waals surface area contributed by atoms with E-state index in [4.69, 9.17) is 0 Å². The Balaban J connectivity index is 1.86. The second kappa shape index (κ2) is 7.79. The smallest absolute Gasteiger partial charge is 0.00472 e. The molecule has 2 atom stereocenters. The first-order valence-electron chi connectivity index (χ1n) is 9.04. The minimum absolute atomic E-state index is 0.554. The predicted octanol–water partition coefficient (Wildman–Crippen LogP) is 3.91. The maximum absolute atomic E-state index is 3.73. The lowest BCUT2D eigenvalue weighted by Gasteiger charge is -2.37. The van der Waals surface area contributed by atoms with Crippen molar-refractivity contribution in [2.24, 2.45) is 17.3 Å². The molecule has 0 aliphatic heterocycles. The molecule has 0 amide bonds. The van der Waals surface area contributed by atoms with Crippen LogP contribution in [0.3, 0.4) is 0 Å². The lowest BCUT2D eigenvalue weighted by molar-refractivity contribution is 0.142. The lowest BCUT2D eigenvalue weighted by atomic mass is 9.79. The summed E-state index contributed by atoms with van der Waals surface area (Å²) in [4.78, 5) is 2.65. The molecule has 0 radical (unpaired) electrons. The van der Waals surface area contributed by atoms with Crippen molar-refractivity contribution in [2.45, 2.75) is 65.2 Å². The molecule has 2 saturated carbocycles. The molecule has 2 aliphatic carbocycles. The van der Waals surface area contributed by atoms with Crippen molar-refractivity contribution in [2.75, 3.05) is 33.2 Å². The van der Waals surface area contributed by atoms with E-state index in [0.29, 0.717) is 5.41 Å². The van der Waals surface area contributed by atoms with Gasteiger partial charge in [-0.1, -0.05) is 39.5 Å². The van der Waals surface area contributed by atoms with E-state index in [2.05, 4.69) is 31.1 Å². The molecule has 2 heteroatoms. The minimum atomic E-state index is 0.554. The van der Waals surface area contributed by atoms with Crippen LogP contribution in [0.5, 0.6) is 0 Å². The Hall–Kier alpha value is -0.0800. The predicted molar refractivity (Wildman–Crippen MR) is 88.1 cm³/mol. The first-order chi connectivity index (χ1) is 9.65. The second-order valence-electron chi connectivity index (χ2n) is 7.76. The molecule has 0 bridgehead atoms. The number of nitrogens with zero attached hydrogens (tertiary/aromatic N) is 1. The standard InChI is InChI=1S/C18H36N2/c1-4-11-19-14-18(9-7-5-6-8-10-18)15-20(3)13-17-12-16(17)2/h16-17,19H,4-15H2,1-3H3. The van der Waals surface area contributed by atoms with Crippen LogP contribution >= 0.6 is 0 Å². The van der Waals surface area contributed by atoms with Crippen LogP contribution in [-0.2, 0) is 0 Å². The minimum Gasteiger partial charge on any atom is -0.316 e. The largest absolute Gasteiger partial charge is 0.316 e. The molecule has 0 heterocycles. The van der Waals surface area contributed by atoms with E-state index < -0.39 is 0 Å². The van der Waals surface area contributed by atoms with Crippen LogP contribution in [0.2, 0.25) is 0 Å². The molecular formula is C18H36N2. The summed E-state index contributed by atoms with van der Waals surface area (Å²) in [6.07, 6.45) is 11.4. The molecule has 0 saturated heterocycles. The lowest BCUT2D eigenvalue weighted by Crippen LogP contribution is -2.43. The van der Waals surface area contributed by atoms with Gasteiger partial charge in [-0.25, -0.2) is 0 Å². The summed E-state index contributed by atoms with van der Waals surface area (Å²) >= 11 is 0. The monoisotopic (exact) mass is 280 g/mol. The summed E-state index contributed by atoms with van der Waals surface area (Å²) in [6.45, 7) is 9.75. The van der Waals surface area contributed by atoms with Crippen LogP contribution in [0.1, 0.15) is 65.2 Å². The van der Waals surface area contributed by atoms with E-state index in [0.717, 1.165) is 11.8 Å². The average Bonchev–Trinajstić information content (AvgIpc) is 3.13. The molecule has 20 heavy (non-hydrogen) atoms. The van der Waals surface area contributed by atoms with Crippen molar-refractivity contribution in [1.29, 1.82) is 0 Å². The van der Waals surface area contributed by atoms with Gasteiger partial charge in [0.15, 0.2) is 0 Å². The second-order valence-corrected chi connectivity index (χ2v) is 7.76. The SMILES string of the molecule is CCCNCC1(CN(C)CC2CC2C)CCCCCC1. The number of hydrogen-bond acceptors (Lipinski definition) is 2. The van der Waals surface area contributed by atoms with Gasteiger partial charge in [-0.15, -0.1) is 0 Å². The molecule has 2 nitrogen and oxygen atoms in total. The summed E-state index contributed by atoms with van der Waals surface area (Å²) < 4.78 is 0. The zero-order chi connectivity index (χ0) is 14.4. The molecule has 2 unspecified atom stereocenters. The van der Waals surface area contributed by atoms with Gasteiger partial charge in [-0.2, -0.15) is 0 Å². The molecule has 1 N–H and O–H groups in total. The maximum Gasteiger partial charge on any atom is 0.00472 e. The van der Waals surface area contributed by atoms with Crippen molar-refractivity contribution in [1.82, 2.24) is 10.2 Å². The zero-order valence-electron chi connectivity index (χ0n) is 14.1. The highest BCUT2D eigenvalue weighted by Gasteiger charge is 2.36. The van der Waals surface area contributed by atoms with Crippen LogP contribution in [-0.4, -0.2) is 38.1 Å². The molecular weight excluding hydrogens is 244 g/mol. The summed E-state index contributed by atoms with van der Waals surface area (Å²) in [6, 6.07) is 0. The Labute approximate surface area is 126 Å². The highest BCUT2D eigenvalue weighted by atomic mass is 15.1. The van der Waals surface area contributed by atoms with Crippen LogP contribution in [0, 0.1) is 17.3 Å². The normalized spacial score (nSPS) is 29.4. The van der Waals surface area contributed by atoms with Gasteiger partial charge in [0.1, 0.15) is 0 Å². The summed E-state index contributed by atoms with van der Waals surface area (Å²) in [5, 5.41) is 3.73. The fourth-order valence-electron chi connectivity index (χ4n) is 4.09. The molecule has 0 spiro atoms. The van der Waals surface area contributed by atoms with Gasteiger partial charge in [0.25, 0.3) is 0 Å². The fourth-order valence-corrected chi connectivity index (χ4v) is 4.09. The third-order valence-corrected chi connectivity index (χ3v) is 5.52. The maximum atomic E-state index is 3.73. The molecule has 2 fully saturated rings. The Bertz CT molecular complexity index is 269. The third kappa shape index (κ3) is 5.04. The van der Waals surface area contributed by atoms with E-state index in [1.54, 1.807) is 0 Å². The average molecular weight is 280 g/mol. The third-order valence-electron chi connectivity index (χ3n) is 5.52. The number of rotatable bonds is 8. The molecule has 0 aromatic rings. The summed E-state index contributed by atoms with van der Waals surface area (Å²) in [5.41, 5.74) is 0.554. The van der Waals surface area contributed by atoms with E-state index in [1.807, 2.05) is 0 Å². The van der Waals surface area contributed by atoms with E-state index in [-0.39, 0.29) is 0 Å². The van der Waals surface area contributed by atoms with Crippen molar-refractivity contribution in [3.05, 3.63) is 0 Å². The van der Waals surface area contributed by atoms with Gasteiger partial charge in [-0.05, 0) is 56.5 Å². The van der Waals surface area contributed by atoms with Crippen LogP contribution < -0.4 is 5.32 Å². The van der Waals surface area contributed by atoms with Crippen molar-refractivity contribution in [3.63, 3.8) is 0 Å². The summed E-state index contributed by atoms with van der Waals surface area (Å²) in [7, 11) is 2.36. The van der Waals surface area contributed by atoms with E-state index in [1.165, 1.54) is 77.5 Å². The van der Waals surface area contributed by atoms with Crippen molar-refractivity contribution < 1.29 is 0 Å². The summed E-state index contributed by atoms with van der Waals surface area (Å²) in [5.74, 6) is 1.98. The highest BCUT2D eigenvalue weighted by Crippen LogP contribution is 2.40. The van der Waals surface area contributed by atoms with Crippen LogP contribution in [0.4, 0.5) is 0 Å². The Morgan fingerprint density at radius 3 is 2.35 bits per heavy atom. The van der Waals surface area contributed by atoms with Crippen LogP contribution in [0.15, 0.2) is 0 Å². The first kappa shape index (κ1) is 16.3. The van der Waals surface area contributed by atoms with Gasteiger partial charge in [0.2, 0.25) is 0 Å². The number of nitrogens with one attached hydrogen (secondary N) is 1. The Morgan fingerprint density at radius 1 is 1.15 bits per heavy atom. The van der Waals surface area contributed by atoms with Gasteiger partial charge in [-0.3, -0.25) is 0 Å². The Morgan fingerprint density at radius 2 is 1.80 bits per heavy atom. The Kier molecular flexibility index (Phi) is 6.35. The van der Waals surface area contributed by atoms with Gasteiger partial charge in [0.05, 0.1) is 0 Å². The quantitative estimate of drug-likeness (QED) is 0.535. The highest BCUT2D eigenvalue weighted by molar-refractivity contribution is 4.89. The molecule has 2 rings (SSSR count). The fraction of sp³-hybridized carbons (Fsp3) is 1.00. The van der Waals surface area contributed by atoms with Crippen molar-refractivity contribution in [3.8, 4) is 0 Å². The molecule has 2 aliphatic rings. The molecule has 0 aromatic heterocycles. The zero-order valence-corrected chi connectivity index (χ0v) is 14.1. The number of hydrogen-bond donors (Lipinski definition) is 1. The van der Waals surface area contributed by atoms with Crippen LogP contribution in [0.25, 0.3) is 0 Å². The van der Waals surface area contributed by atoms with Gasteiger partial charge < -0.3 is 10.2 Å². The van der Waals surface area contributed by atoms with Crippen molar-refractivity contribution >= 4 is 0 Å². The molecule has 0 aromatic carbocycles. The first-order valence-corrected chi connectivity index (χ1v) is 9.04. The van der Waals surface area contributed by atoms with E-state index >= 15 is 0 Å². The van der Waals surface area contributed by atoms with Gasteiger partial charge >= 0.3 is 0 Å². The van der Waals surface area contributed by atoms with Gasteiger partial charge in [0, 0.05) is 19.6 Å². The topological polar surface area (TPSA) is 15.3 Å². The molecule has 118 valence electrons. The van der Waals surface area contributed by atoms with E-state index in [9.17, 15) is 0 Å².